The minimum Gasteiger partial charge on any atom is -0.459 e. The number of carbonyl (C=O) groups excluding carboxylic acids is 1. The number of hydrogen-bond acceptors (Lipinski definition) is 5. The summed E-state index contributed by atoms with van der Waals surface area (Å²) in [5.41, 5.74) is 1.61. The summed E-state index contributed by atoms with van der Waals surface area (Å²) in [6.07, 6.45) is 0. The Morgan fingerprint density at radius 2 is 1.69 bits per heavy atom. The molecule has 8 heteroatoms. The Morgan fingerprint density at radius 1 is 1.03 bits per heavy atom. The maximum absolute atomic E-state index is 12.8. The van der Waals surface area contributed by atoms with Gasteiger partial charge in [0.25, 0.3) is 0 Å². The number of benzene rings is 2. The summed E-state index contributed by atoms with van der Waals surface area (Å²) >= 11 is 0. The highest BCUT2D eigenvalue weighted by atomic mass is 32.2. The second-order valence-electron chi connectivity index (χ2n) is 8.30. The maximum Gasteiger partial charge on any atom is 0.236 e. The number of carbonyl (C=O) groups is 1. The van der Waals surface area contributed by atoms with E-state index >= 15 is 0 Å². The first-order valence-electron chi connectivity index (χ1n) is 10.8. The van der Waals surface area contributed by atoms with Gasteiger partial charge in [-0.1, -0.05) is 48.5 Å². The number of rotatable bonds is 7. The number of nitrogens with zero attached hydrogens (tertiary/aromatic N) is 3. The summed E-state index contributed by atoms with van der Waals surface area (Å²) in [4.78, 5) is 16.6. The van der Waals surface area contributed by atoms with E-state index in [0.29, 0.717) is 26.2 Å². The highest BCUT2D eigenvalue weighted by molar-refractivity contribution is 7.88. The lowest BCUT2D eigenvalue weighted by Crippen LogP contribution is -2.52. The SMILES string of the molecule is CC(c1cc2ccccc2o1)N(C)CC(=O)N1CCN(S(=O)(=O)Cc2ccccc2)CC1. The van der Waals surface area contributed by atoms with Gasteiger partial charge in [0.05, 0.1) is 18.3 Å². The molecule has 170 valence electrons. The van der Waals surface area contributed by atoms with Crippen LogP contribution < -0.4 is 0 Å². The van der Waals surface area contributed by atoms with E-state index in [0.717, 1.165) is 22.3 Å². The first kappa shape index (κ1) is 22.5. The third kappa shape index (κ3) is 5.03. The molecule has 0 bridgehead atoms. The smallest absolute Gasteiger partial charge is 0.236 e. The minimum atomic E-state index is -3.40. The van der Waals surface area contributed by atoms with Crippen LogP contribution in [0.4, 0.5) is 0 Å². The van der Waals surface area contributed by atoms with Crippen molar-refractivity contribution in [2.24, 2.45) is 0 Å². The molecule has 0 N–H and O–H groups in total. The Labute approximate surface area is 189 Å². The van der Waals surface area contributed by atoms with Gasteiger partial charge in [-0.05, 0) is 31.7 Å². The van der Waals surface area contributed by atoms with E-state index in [9.17, 15) is 13.2 Å². The molecule has 7 nitrogen and oxygen atoms in total. The number of piperazine rings is 1. The molecule has 32 heavy (non-hydrogen) atoms. The Balaban J connectivity index is 1.31. The van der Waals surface area contributed by atoms with Crippen LogP contribution in [0.25, 0.3) is 11.0 Å². The molecule has 1 aliphatic heterocycles. The normalized spacial score (nSPS) is 16.5. The van der Waals surface area contributed by atoms with Crippen molar-refractivity contribution in [2.75, 3.05) is 39.8 Å². The summed E-state index contributed by atoms with van der Waals surface area (Å²) in [6, 6.07) is 19.0. The molecular weight excluding hydrogens is 426 g/mol. The van der Waals surface area contributed by atoms with Crippen molar-refractivity contribution < 1.29 is 17.6 Å². The quantitative estimate of drug-likeness (QED) is 0.547. The van der Waals surface area contributed by atoms with Crippen molar-refractivity contribution in [2.45, 2.75) is 18.7 Å². The Hall–Kier alpha value is -2.68. The number of hydrogen-bond donors (Lipinski definition) is 0. The molecule has 3 aromatic rings. The summed E-state index contributed by atoms with van der Waals surface area (Å²) in [5.74, 6) is 0.799. The van der Waals surface area contributed by atoms with Gasteiger partial charge in [-0.15, -0.1) is 0 Å². The molecule has 2 aromatic carbocycles. The van der Waals surface area contributed by atoms with Crippen LogP contribution in [0.2, 0.25) is 0 Å². The lowest BCUT2D eigenvalue weighted by atomic mass is 10.2. The van der Waals surface area contributed by atoms with Gasteiger partial charge in [-0.25, -0.2) is 8.42 Å². The third-order valence-electron chi connectivity index (χ3n) is 6.08. The minimum absolute atomic E-state index is 0.00410. The zero-order valence-electron chi connectivity index (χ0n) is 18.5. The topological polar surface area (TPSA) is 74.1 Å². The van der Waals surface area contributed by atoms with Gasteiger partial charge in [0, 0.05) is 31.6 Å². The largest absolute Gasteiger partial charge is 0.459 e. The molecule has 0 aliphatic carbocycles. The average Bonchev–Trinajstić information content (AvgIpc) is 3.23. The predicted molar refractivity (Wildman–Crippen MR) is 124 cm³/mol. The van der Waals surface area contributed by atoms with E-state index in [1.807, 2.05) is 79.5 Å². The van der Waals surface area contributed by atoms with Gasteiger partial charge >= 0.3 is 0 Å². The zero-order valence-corrected chi connectivity index (χ0v) is 19.3. The molecule has 4 rings (SSSR count). The Morgan fingerprint density at radius 3 is 2.38 bits per heavy atom. The molecular formula is C24H29N3O4S. The number of sulfonamides is 1. The lowest BCUT2D eigenvalue weighted by molar-refractivity contribution is -0.133. The third-order valence-corrected chi connectivity index (χ3v) is 7.93. The highest BCUT2D eigenvalue weighted by Crippen LogP contribution is 2.26. The molecule has 1 fully saturated rings. The van der Waals surface area contributed by atoms with Crippen LogP contribution in [-0.4, -0.2) is 68.2 Å². The molecule has 0 radical (unpaired) electrons. The van der Waals surface area contributed by atoms with Crippen LogP contribution in [0.5, 0.6) is 0 Å². The van der Waals surface area contributed by atoms with E-state index in [1.54, 1.807) is 4.90 Å². The Kier molecular flexibility index (Phi) is 6.64. The molecule has 1 aliphatic rings. The molecule has 0 saturated carbocycles. The van der Waals surface area contributed by atoms with Gasteiger partial charge in [0.15, 0.2) is 0 Å². The predicted octanol–water partition coefficient (Wildman–Crippen LogP) is 3.10. The number of para-hydroxylation sites is 1. The van der Waals surface area contributed by atoms with Gasteiger partial charge < -0.3 is 9.32 Å². The van der Waals surface area contributed by atoms with Crippen molar-refractivity contribution in [1.82, 2.24) is 14.1 Å². The van der Waals surface area contributed by atoms with Crippen molar-refractivity contribution in [3.05, 3.63) is 72.0 Å². The summed E-state index contributed by atoms with van der Waals surface area (Å²) in [7, 11) is -1.50. The first-order chi connectivity index (χ1) is 15.3. The Bertz CT molecular complexity index is 1140. The van der Waals surface area contributed by atoms with Crippen LogP contribution in [0.1, 0.15) is 24.3 Å². The molecule has 1 saturated heterocycles. The van der Waals surface area contributed by atoms with E-state index in [2.05, 4.69) is 0 Å². The van der Waals surface area contributed by atoms with Crippen LogP contribution in [-0.2, 0) is 20.6 Å². The van der Waals surface area contributed by atoms with Crippen molar-refractivity contribution >= 4 is 26.9 Å². The number of fused-ring (bicyclic) bond motifs is 1. The fourth-order valence-corrected chi connectivity index (χ4v) is 5.48. The van der Waals surface area contributed by atoms with Crippen LogP contribution in [0.15, 0.2) is 65.1 Å². The molecule has 0 spiro atoms. The zero-order chi connectivity index (χ0) is 22.7. The van der Waals surface area contributed by atoms with Gasteiger partial charge in [-0.2, -0.15) is 4.31 Å². The fourth-order valence-electron chi connectivity index (χ4n) is 3.97. The molecule has 1 aromatic heterocycles. The first-order valence-corrected chi connectivity index (χ1v) is 12.4. The number of likely N-dealkylation sites (N-methyl/N-ethyl adjacent to an activating group) is 1. The van der Waals surface area contributed by atoms with E-state index in [-0.39, 0.29) is 24.2 Å². The van der Waals surface area contributed by atoms with Crippen LogP contribution in [0.3, 0.4) is 0 Å². The van der Waals surface area contributed by atoms with Crippen molar-refractivity contribution in [1.29, 1.82) is 0 Å². The summed E-state index contributed by atoms with van der Waals surface area (Å²) in [6.45, 7) is 3.71. The number of furan rings is 1. The van der Waals surface area contributed by atoms with Gasteiger partial charge in [-0.3, -0.25) is 9.69 Å². The van der Waals surface area contributed by atoms with Crippen LogP contribution in [0, 0.1) is 0 Å². The van der Waals surface area contributed by atoms with E-state index in [4.69, 9.17) is 4.42 Å². The second-order valence-corrected chi connectivity index (χ2v) is 10.3. The van der Waals surface area contributed by atoms with Gasteiger partial charge in [0.2, 0.25) is 15.9 Å². The van der Waals surface area contributed by atoms with E-state index in [1.165, 1.54) is 4.31 Å². The molecule has 1 unspecified atom stereocenters. The highest BCUT2D eigenvalue weighted by Gasteiger charge is 2.30. The van der Waals surface area contributed by atoms with Crippen molar-refractivity contribution in [3.8, 4) is 0 Å². The summed E-state index contributed by atoms with van der Waals surface area (Å²) < 4.78 is 32.9. The van der Waals surface area contributed by atoms with Crippen LogP contribution >= 0.6 is 0 Å². The van der Waals surface area contributed by atoms with Gasteiger partial charge in [0.1, 0.15) is 11.3 Å². The molecule has 1 atom stereocenters. The fraction of sp³-hybridized carbons (Fsp3) is 0.375. The second kappa shape index (κ2) is 9.44. The average molecular weight is 456 g/mol. The maximum atomic E-state index is 12.8. The molecule has 1 amide bonds. The standard InChI is InChI=1S/C24H29N3O4S/c1-19(23-16-21-10-6-7-11-22(21)31-23)25(2)17-24(28)26-12-14-27(15-13-26)32(29,30)18-20-8-4-3-5-9-20/h3-11,16,19H,12-15,17-18H2,1-2H3. The lowest BCUT2D eigenvalue weighted by Gasteiger charge is -2.35. The monoisotopic (exact) mass is 455 g/mol. The summed E-state index contributed by atoms with van der Waals surface area (Å²) in [5, 5.41) is 1.04. The van der Waals surface area contributed by atoms with E-state index < -0.39 is 10.0 Å². The molecule has 2 heterocycles. The van der Waals surface area contributed by atoms with Crippen molar-refractivity contribution in [3.63, 3.8) is 0 Å². The number of amides is 1.